The molecular formula is C53H63N7O7. The van der Waals surface area contributed by atoms with E-state index < -0.39 is 24.3 Å². The molecule has 67 heavy (non-hydrogen) atoms. The molecule has 0 unspecified atom stereocenters. The lowest BCUT2D eigenvalue weighted by molar-refractivity contribution is -0.135. The Hall–Kier alpha value is -6.31. The third-order valence-corrected chi connectivity index (χ3v) is 15.1. The van der Waals surface area contributed by atoms with Crippen LogP contribution in [0.1, 0.15) is 119 Å². The van der Waals surface area contributed by atoms with Crippen LogP contribution in [0.5, 0.6) is 0 Å². The number of nitrogens with one attached hydrogen (secondary N) is 3. The van der Waals surface area contributed by atoms with Gasteiger partial charge in [0.2, 0.25) is 11.8 Å². The van der Waals surface area contributed by atoms with E-state index in [1.807, 2.05) is 50.9 Å². The molecule has 3 N–H and O–H groups in total. The minimum Gasteiger partial charge on any atom is -0.453 e. The van der Waals surface area contributed by atoms with Crippen LogP contribution in [-0.2, 0) is 31.9 Å². The second kappa shape index (κ2) is 18.8. The van der Waals surface area contributed by atoms with Crippen molar-refractivity contribution in [2.75, 3.05) is 27.3 Å². The Balaban J connectivity index is 0.960. The smallest absolute Gasteiger partial charge is 0.407 e. The van der Waals surface area contributed by atoms with Gasteiger partial charge in [0, 0.05) is 24.4 Å². The Labute approximate surface area is 392 Å². The van der Waals surface area contributed by atoms with Crippen molar-refractivity contribution in [2.45, 2.75) is 122 Å². The zero-order valence-electron chi connectivity index (χ0n) is 39.6. The maximum atomic E-state index is 14.0. The van der Waals surface area contributed by atoms with Gasteiger partial charge >= 0.3 is 12.2 Å². The minimum absolute atomic E-state index is 0.000936. The van der Waals surface area contributed by atoms with Crippen LogP contribution in [0.15, 0.2) is 65.8 Å². The molecule has 4 heterocycles. The fourth-order valence-corrected chi connectivity index (χ4v) is 11.5. The molecule has 5 aliphatic rings. The van der Waals surface area contributed by atoms with Crippen LogP contribution in [0.3, 0.4) is 0 Å². The molecule has 14 heteroatoms. The summed E-state index contributed by atoms with van der Waals surface area (Å²) in [5, 5.41) is 5.43. The number of carbonyl (C=O) groups is 5. The van der Waals surface area contributed by atoms with E-state index in [9.17, 15) is 24.0 Å². The van der Waals surface area contributed by atoms with Crippen LogP contribution in [0, 0.1) is 17.3 Å². The Morgan fingerprint density at radius 1 is 0.701 bits per heavy atom. The van der Waals surface area contributed by atoms with Crippen molar-refractivity contribution in [3.63, 3.8) is 0 Å². The summed E-state index contributed by atoms with van der Waals surface area (Å²) in [4.78, 5) is 82.7. The van der Waals surface area contributed by atoms with Crippen molar-refractivity contribution in [1.82, 2.24) is 30.4 Å². The molecule has 4 aromatic rings. The molecule has 14 nitrogen and oxygen atoms in total. The first-order chi connectivity index (χ1) is 32.3. The van der Waals surface area contributed by atoms with Gasteiger partial charge in [0.1, 0.15) is 17.9 Å². The first-order valence-electron chi connectivity index (χ1n) is 24.1. The largest absolute Gasteiger partial charge is 0.453 e. The summed E-state index contributed by atoms with van der Waals surface area (Å²) in [5.74, 6) is 0.148. The van der Waals surface area contributed by atoms with E-state index in [1.54, 1.807) is 4.90 Å². The van der Waals surface area contributed by atoms with Gasteiger partial charge in [-0.1, -0.05) is 83.0 Å². The fourth-order valence-electron chi connectivity index (χ4n) is 11.5. The molecule has 3 aromatic carbocycles. The standard InChI is InChI=1S/C53H63N7O7/c1-30(2)46(57-51(64)66-5)49(62)59-23-9-11-43(59)41-26-45(61)37-25-34(17-20-40(37)55-41)36-19-18-35(38-27-53(28-39(36)38)21-7-8-22-53)32-13-15-33(16-14-32)42-29-54-48(56-42)44-12-10-24-60(44)50(63)47(31(3)4)58-52(65)67-6/h13-20,25,29-31,43-44,46-47H,7-12,21-24,26-28H2,1-6H3,(H,54,56)(H,57,64)(H,58,65)/t43-,44-,46-,47-/m0/s1. The van der Waals surface area contributed by atoms with Crippen molar-refractivity contribution in [2.24, 2.45) is 22.2 Å². The number of alkyl carbamates (subject to hydrolysis) is 2. The number of fused-ring (bicyclic) bond motifs is 2. The number of hydrogen-bond donors (Lipinski definition) is 3. The lowest BCUT2D eigenvalue weighted by atomic mass is 9.82. The summed E-state index contributed by atoms with van der Waals surface area (Å²) in [5.41, 5.74) is 11.4. The molecule has 2 aliphatic carbocycles. The molecule has 3 fully saturated rings. The molecular weight excluding hydrogens is 847 g/mol. The number of Topliss-reactive ketones (excluding diaryl/α,β-unsaturated/α-hetero) is 1. The van der Waals surface area contributed by atoms with E-state index in [-0.39, 0.29) is 53.4 Å². The molecule has 3 aliphatic heterocycles. The number of ketones is 1. The fraction of sp³-hybridized carbons (Fsp3) is 0.491. The van der Waals surface area contributed by atoms with Gasteiger partial charge in [0.25, 0.3) is 0 Å². The molecule has 4 atom stereocenters. The number of imidazole rings is 1. The average Bonchev–Trinajstić information content (AvgIpc) is 4.20. The number of hydrogen-bond acceptors (Lipinski definition) is 9. The zero-order valence-corrected chi connectivity index (χ0v) is 39.6. The van der Waals surface area contributed by atoms with Crippen molar-refractivity contribution in [3.8, 4) is 33.5 Å². The molecule has 0 radical (unpaired) electrons. The van der Waals surface area contributed by atoms with Crippen molar-refractivity contribution < 1.29 is 33.4 Å². The summed E-state index contributed by atoms with van der Waals surface area (Å²) < 4.78 is 9.60. The molecule has 1 spiro atoms. The number of ether oxygens (including phenoxy) is 2. The molecule has 1 saturated carbocycles. The Bertz CT molecular complexity index is 2610. The molecule has 1 aromatic heterocycles. The van der Waals surface area contributed by atoms with Crippen LogP contribution in [0.4, 0.5) is 15.3 Å². The number of aromatic nitrogens is 2. The molecule has 2 saturated heterocycles. The monoisotopic (exact) mass is 909 g/mol. The van der Waals surface area contributed by atoms with Gasteiger partial charge in [0.15, 0.2) is 5.78 Å². The quantitative estimate of drug-likeness (QED) is 0.134. The summed E-state index contributed by atoms with van der Waals surface area (Å²) >= 11 is 0. The number of aliphatic imine (C=N–C) groups is 1. The van der Waals surface area contributed by atoms with Crippen molar-refractivity contribution in [3.05, 3.63) is 83.3 Å². The number of benzene rings is 3. The summed E-state index contributed by atoms with van der Waals surface area (Å²) in [7, 11) is 2.58. The van der Waals surface area contributed by atoms with Gasteiger partial charge in [-0.05, 0) is 120 Å². The highest BCUT2D eigenvalue weighted by molar-refractivity contribution is 6.18. The molecule has 0 bridgehead atoms. The van der Waals surface area contributed by atoms with Crippen molar-refractivity contribution >= 4 is 41.2 Å². The first-order valence-corrected chi connectivity index (χ1v) is 24.1. The third-order valence-electron chi connectivity index (χ3n) is 15.1. The van der Waals surface area contributed by atoms with Gasteiger partial charge in [-0.25, -0.2) is 14.6 Å². The SMILES string of the molecule is COC(=O)N[C@H](C(=O)N1CCC[C@H]1C1=Nc2ccc(-c3ccc(-c4ccc(-c5cnc([C@@H]6CCCN6C(=O)[C@@H](NC(=O)OC)C(C)C)[nH]5)cc4)c4c3CC3(CCCC3)C4)cc2C(=O)C1)C(C)C. The highest BCUT2D eigenvalue weighted by Gasteiger charge is 2.43. The third kappa shape index (κ3) is 8.87. The molecule has 4 amide bonds. The number of aromatic amines is 1. The van der Waals surface area contributed by atoms with E-state index in [0.29, 0.717) is 36.5 Å². The van der Waals surface area contributed by atoms with Crippen LogP contribution in [0.2, 0.25) is 0 Å². The van der Waals surface area contributed by atoms with Crippen LogP contribution in [-0.4, -0.2) is 101 Å². The molecule has 352 valence electrons. The van der Waals surface area contributed by atoms with E-state index in [1.165, 1.54) is 62.2 Å². The van der Waals surface area contributed by atoms with Gasteiger partial charge in [-0.15, -0.1) is 0 Å². The maximum absolute atomic E-state index is 14.0. The minimum atomic E-state index is -0.743. The normalized spacial score (nSPS) is 20.5. The number of rotatable bonds is 11. The predicted octanol–water partition coefficient (Wildman–Crippen LogP) is 9.14. The van der Waals surface area contributed by atoms with Gasteiger partial charge in [-0.2, -0.15) is 0 Å². The zero-order chi connectivity index (χ0) is 47.1. The Morgan fingerprint density at radius 2 is 1.24 bits per heavy atom. The number of H-pyrrole nitrogens is 1. The molecule has 9 rings (SSSR count). The van der Waals surface area contributed by atoms with E-state index in [4.69, 9.17) is 19.5 Å². The van der Waals surface area contributed by atoms with Gasteiger partial charge in [-0.3, -0.25) is 19.4 Å². The van der Waals surface area contributed by atoms with E-state index >= 15 is 0 Å². The van der Waals surface area contributed by atoms with Crippen molar-refractivity contribution in [1.29, 1.82) is 0 Å². The lowest BCUT2D eigenvalue weighted by Crippen LogP contribution is -2.54. The second-order valence-corrected chi connectivity index (χ2v) is 20.0. The second-order valence-electron chi connectivity index (χ2n) is 20.0. The summed E-state index contributed by atoms with van der Waals surface area (Å²) in [6.07, 6.45) is 10.8. The first kappa shape index (κ1) is 45.8. The van der Waals surface area contributed by atoms with E-state index in [0.717, 1.165) is 60.3 Å². The summed E-state index contributed by atoms with van der Waals surface area (Å²) in [6.45, 7) is 8.73. The maximum Gasteiger partial charge on any atom is 0.407 e. The highest BCUT2D eigenvalue weighted by Crippen LogP contribution is 2.53. The number of methoxy groups -OCH3 is 2. The topological polar surface area (TPSA) is 175 Å². The van der Waals surface area contributed by atoms with E-state index in [2.05, 4.69) is 58.1 Å². The number of carbonyl (C=O) groups excluding carboxylic acids is 5. The van der Waals surface area contributed by atoms with Crippen LogP contribution in [0.25, 0.3) is 33.5 Å². The van der Waals surface area contributed by atoms with Crippen LogP contribution < -0.4 is 10.6 Å². The highest BCUT2D eigenvalue weighted by atomic mass is 16.5. The Kier molecular flexibility index (Phi) is 12.8. The van der Waals surface area contributed by atoms with Gasteiger partial charge < -0.3 is 34.9 Å². The Morgan fingerprint density at radius 3 is 1.82 bits per heavy atom. The lowest BCUT2D eigenvalue weighted by Gasteiger charge is -2.32. The van der Waals surface area contributed by atoms with Gasteiger partial charge in [0.05, 0.1) is 50.3 Å². The number of likely N-dealkylation sites (tertiary alicyclic amines) is 2. The average molecular weight is 910 g/mol. The predicted molar refractivity (Wildman–Crippen MR) is 256 cm³/mol. The number of nitrogens with zero attached hydrogens (tertiary/aromatic N) is 4. The summed E-state index contributed by atoms with van der Waals surface area (Å²) in [6, 6.07) is 17.2. The van der Waals surface area contributed by atoms with Crippen LogP contribution >= 0.6 is 0 Å². The number of amides is 4.